The number of amides is 1. The number of nitrogens with zero attached hydrogens (tertiary/aromatic N) is 4. The Labute approximate surface area is 121 Å². The number of rotatable bonds is 4. The predicted octanol–water partition coefficient (Wildman–Crippen LogP) is 0.504. The zero-order valence-electron chi connectivity index (χ0n) is 11.6. The maximum absolute atomic E-state index is 12.4. The van der Waals surface area contributed by atoms with Gasteiger partial charge in [0.1, 0.15) is 4.88 Å². The molecule has 0 spiro atoms. The molecule has 2 rings (SSSR count). The molecule has 1 aromatic heterocycles. The van der Waals surface area contributed by atoms with E-state index in [-0.39, 0.29) is 18.4 Å². The van der Waals surface area contributed by atoms with E-state index in [0.717, 1.165) is 17.2 Å². The SMILES string of the molecule is CC(C)c1nnsc1C(=O)N1CCN(CC(=O)O)CC1. The molecule has 0 aliphatic carbocycles. The quantitative estimate of drug-likeness (QED) is 0.871. The van der Waals surface area contributed by atoms with Crippen LogP contribution in [0.5, 0.6) is 0 Å². The van der Waals surface area contributed by atoms with Crippen molar-refractivity contribution in [3.63, 3.8) is 0 Å². The van der Waals surface area contributed by atoms with Crippen molar-refractivity contribution in [1.82, 2.24) is 19.4 Å². The second-order valence-electron chi connectivity index (χ2n) is 5.10. The fourth-order valence-electron chi connectivity index (χ4n) is 2.17. The molecule has 0 aromatic carbocycles. The standard InChI is InChI=1S/C12H18N4O3S/c1-8(2)10-11(20-14-13-10)12(19)16-5-3-15(4-6-16)7-9(17)18/h8H,3-7H2,1-2H3,(H,17,18). The van der Waals surface area contributed by atoms with Crippen molar-refractivity contribution in [3.05, 3.63) is 10.6 Å². The van der Waals surface area contributed by atoms with Crippen LogP contribution in [0.25, 0.3) is 0 Å². The zero-order valence-corrected chi connectivity index (χ0v) is 12.4. The van der Waals surface area contributed by atoms with Gasteiger partial charge in [0, 0.05) is 26.2 Å². The number of piperazine rings is 1. The Bertz CT molecular complexity index is 495. The topological polar surface area (TPSA) is 86.6 Å². The van der Waals surface area contributed by atoms with E-state index in [1.54, 1.807) is 4.90 Å². The van der Waals surface area contributed by atoms with E-state index in [4.69, 9.17) is 5.11 Å². The number of carboxylic acids is 1. The number of aliphatic carboxylic acids is 1. The van der Waals surface area contributed by atoms with Gasteiger partial charge in [-0.1, -0.05) is 18.3 Å². The first kappa shape index (κ1) is 14.9. The smallest absolute Gasteiger partial charge is 0.317 e. The zero-order chi connectivity index (χ0) is 14.7. The lowest BCUT2D eigenvalue weighted by atomic mass is 10.1. The number of carbonyl (C=O) groups is 2. The molecule has 2 heterocycles. The maximum atomic E-state index is 12.4. The summed E-state index contributed by atoms with van der Waals surface area (Å²) in [6, 6.07) is 0. The number of aromatic nitrogens is 2. The Balaban J connectivity index is 1.98. The molecule has 0 radical (unpaired) electrons. The number of carbonyl (C=O) groups excluding carboxylic acids is 1. The normalized spacial score (nSPS) is 16.6. The van der Waals surface area contributed by atoms with Gasteiger partial charge in [-0.15, -0.1) is 5.10 Å². The van der Waals surface area contributed by atoms with Gasteiger partial charge in [-0.05, 0) is 17.5 Å². The molecule has 0 saturated carbocycles. The van der Waals surface area contributed by atoms with Crippen molar-refractivity contribution in [1.29, 1.82) is 0 Å². The molecule has 1 aromatic rings. The third-order valence-corrected chi connectivity index (χ3v) is 4.00. The maximum Gasteiger partial charge on any atom is 0.317 e. The van der Waals surface area contributed by atoms with Crippen LogP contribution in [0.3, 0.4) is 0 Å². The minimum atomic E-state index is -0.835. The Morgan fingerprint density at radius 3 is 2.50 bits per heavy atom. The highest BCUT2D eigenvalue weighted by atomic mass is 32.1. The third-order valence-electron chi connectivity index (χ3n) is 3.27. The Morgan fingerprint density at radius 1 is 1.30 bits per heavy atom. The van der Waals surface area contributed by atoms with Crippen LogP contribution in [0, 0.1) is 0 Å². The van der Waals surface area contributed by atoms with Crippen molar-refractivity contribution < 1.29 is 14.7 Å². The highest BCUT2D eigenvalue weighted by Crippen LogP contribution is 2.21. The Morgan fingerprint density at radius 2 is 1.95 bits per heavy atom. The number of hydrogen-bond acceptors (Lipinski definition) is 6. The van der Waals surface area contributed by atoms with Crippen molar-refractivity contribution in [2.75, 3.05) is 32.7 Å². The lowest BCUT2D eigenvalue weighted by Gasteiger charge is -2.33. The van der Waals surface area contributed by atoms with Crippen molar-refractivity contribution in [2.24, 2.45) is 0 Å². The predicted molar refractivity (Wildman–Crippen MR) is 74.0 cm³/mol. The van der Waals surface area contributed by atoms with Crippen LogP contribution < -0.4 is 0 Å². The molecule has 8 heteroatoms. The number of carboxylic acid groups (broad SMARTS) is 1. The van der Waals surface area contributed by atoms with Crippen LogP contribution in [-0.2, 0) is 4.79 Å². The van der Waals surface area contributed by atoms with Gasteiger partial charge in [0.05, 0.1) is 12.2 Å². The second-order valence-corrected chi connectivity index (χ2v) is 5.86. The molecule has 1 saturated heterocycles. The molecule has 0 atom stereocenters. The lowest BCUT2D eigenvalue weighted by molar-refractivity contribution is -0.138. The Hall–Kier alpha value is -1.54. The van der Waals surface area contributed by atoms with Crippen LogP contribution in [0.2, 0.25) is 0 Å². The largest absolute Gasteiger partial charge is 0.480 e. The van der Waals surface area contributed by atoms with Crippen LogP contribution in [0.15, 0.2) is 0 Å². The molecule has 20 heavy (non-hydrogen) atoms. The molecule has 0 bridgehead atoms. The summed E-state index contributed by atoms with van der Waals surface area (Å²) in [7, 11) is 0. The molecule has 1 aliphatic rings. The summed E-state index contributed by atoms with van der Waals surface area (Å²) in [5.74, 6) is -0.710. The van der Waals surface area contributed by atoms with E-state index in [2.05, 4.69) is 9.59 Å². The average Bonchev–Trinajstić information content (AvgIpc) is 2.87. The van der Waals surface area contributed by atoms with E-state index >= 15 is 0 Å². The van der Waals surface area contributed by atoms with Gasteiger partial charge in [-0.3, -0.25) is 14.5 Å². The molecule has 7 nitrogen and oxygen atoms in total. The fourth-order valence-corrected chi connectivity index (χ4v) is 2.96. The van der Waals surface area contributed by atoms with Crippen molar-refractivity contribution >= 4 is 23.4 Å². The van der Waals surface area contributed by atoms with Crippen LogP contribution in [0.4, 0.5) is 0 Å². The monoisotopic (exact) mass is 298 g/mol. The van der Waals surface area contributed by atoms with Gasteiger partial charge >= 0.3 is 5.97 Å². The molecule has 0 unspecified atom stereocenters. The fraction of sp³-hybridized carbons (Fsp3) is 0.667. The summed E-state index contributed by atoms with van der Waals surface area (Å²) in [4.78, 5) is 27.3. The summed E-state index contributed by atoms with van der Waals surface area (Å²) in [6.07, 6.45) is 0. The molecule has 1 aliphatic heterocycles. The summed E-state index contributed by atoms with van der Waals surface area (Å²) < 4.78 is 3.87. The van der Waals surface area contributed by atoms with Gasteiger partial charge in [0.15, 0.2) is 0 Å². The molecule has 1 fully saturated rings. The highest BCUT2D eigenvalue weighted by Gasteiger charge is 2.27. The molecule has 1 amide bonds. The summed E-state index contributed by atoms with van der Waals surface area (Å²) in [5, 5.41) is 12.8. The third kappa shape index (κ3) is 3.31. The lowest BCUT2D eigenvalue weighted by Crippen LogP contribution is -2.49. The summed E-state index contributed by atoms with van der Waals surface area (Å²) in [6.45, 7) is 6.25. The van der Waals surface area contributed by atoms with E-state index in [1.807, 2.05) is 18.7 Å². The minimum Gasteiger partial charge on any atom is -0.480 e. The molecule has 110 valence electrons. The van der Waals surface area contributed by atoms with Gasteiger partial charge in [0.2, 0.25) is 0 Å². The van der Waals surface area contributed by atoms with E-state index < -0.39 is 5.97 Å². The Kier molecular flexibility index (Phi) is 4.66. The molecular formula is C12H18N4O3S. The first-order valence-electron chi connectivity index (χ1n) is 6.54. The first-order chi connectivity index (χ1) is 9.49. The van der Waals surface area contributed by atoms with Gasteiger partial charge in [0.25, 0.3) is 5.91 Å². The first-order valence-corrected chi connectivity index (χ1v) is 7.32. The van der Waals surface area contributed by atoms with Gasteiger partial charge < -0.3 is 10.0 Å². The van der Waals surface area contributed by atoms with E-state index in [0.29, 0.717) is 31.1 Å². The second kappa shape index (κ2) is 6.27. The average molecular weight is 298 g/mol. The molecular weight excluding hydrogens is 280 g/mol. The molecule has 1 N–H and O–H groups in total. The summed E-state index contributed by atoms with van der Waals surface area (Å²) in [5.41, 5.74) is 0.743. The van der Waals surface area contributed by atoms with Crippen LogP contribution in [-0.4, -0.2) is 69.1 Å². The van der Waals surface area contributed by atoms with Crippen LogP contribution in [0.1, 0.15) is 35.1 Å². The van der Waals surface area contributed by atoms with E-state index in [1.165, 1.54) is 0 Å². The minimum absolute atomic E-state index is 0.0292. The van der Waals surface area contributed by atoms with E-state index in [9.17, 15) is 9.59 Å². The van der Waals surface area contributed by atoms with Crippen LogP contribution >= 0.6 is 11.5 Å². The van der Waals surface area contributed by atoms with Gasteiger partial charge in [-0.25, -0.2) is 0 Å². The van der Waals surface area contributed by atoms with Crippen molar-refractivity contribution in [3.8, 4) is 0 Å². The number of hydrogen-bond donors (Lipinski definition) is 1. The summed E-state index contributed by atoms with van der Waals surface area (Å²) >= 11 is 1.13. The van der Waals surface area contributed by atoms with Gasteiger partial charge in [-0.2, -0.15) is 0 Å². The van der Waals surface area contributed by atoms with Crippen molar-refractivity contribution in [2.45, 2.75) is 19.8 Å². The highest BCUT2D eigenvalue weighted by molar-refractivity contribution is 7.08.